The molecule has 6 N–H and O–H groups in total. The molecule has 0 spiro atoms. The van der Waals surface area contributed by atoms with Gasteiger partial charge in [0, 0.05) is 17.5 Å². The van der Waals surface area contributed by atoms with E-state index in [9.17, 15) is 8.42 Å². The second kappa shape index (κ2) is 7.96. The van der Waals surface area contributed by atoms with E-state index in [-0.39, 0.29) is 4.90 Å². The molecular weight excluding hydrogens is 482 g/mol. The predicted molar refractivity (Wildman–Crippen MR) is 118 cm³/mol. The van der Waals surface area contributed by atoms with Gasteiger partial charge in [0.05, 0.1) is 21.5 Å². The van der Waals surface area contributed by atoms with Crippen LogP contribution in [0.3, 0.4) is 0 Å². The van der Waals surface area contributed by atoms with Crippen LogP contribution in [0.5, 0.6) is 5.75 Å². The molecule has 1 heterocycles. The first kappa shape index (κ1) is 21.6. The first-order valence-electron chi connectivity index (χ1n) is 8.30. The van der Waals surface area contributed by atoms with E-state index in [1.807, 2.05) is 0 Å². The molecular formula is C18H19BrClN5O3S. The number of aryl methyl sites for hydroxylation is 1. The van der Waals surface area contributed by atoms with Gasteiger partial charge >= 0.3 is 0 Å². The monoisotopic (exact) mass is 499 g/mol. The maximum atomic E-state index is 11.9. The highest BCUT2D eigenvalue weighted by Crippen LogP contribution is 2.31. The summed E-state index contributed by atoms with van der Waals surface area (Å²) >= 11 is 9.59. The van der Waals surface area contributed by atoms with Gasteiger partial charge in [-0.15, -0.1) is 0 Å². The summed E-state index contributed by atoms with van der Waals surface area (Å²) in [6, 6.07) is 9.94. The van der Waals surface area contributed by atoms with Crippen molar-refractivity contribution in [3.63, 3.8) is 0 Å². The molecule has 0 saturated carbocycles. The van der Waals surface area contributed by atoms with E-state index >= 15 is 0 Å². The van der Waals surface area contributed by atoms with Crippen LogP contribution in [0.25, 0.3) is 0 Å². The minimum atomic E-state index is -3.90. The van der Waals surface area contributed by atoms with Crippen molar-refractivity contribution in [3.8, 4) is 5.75 Å². The van der Waals surface area contributed by atoms with Crippen LogP contribution < -0.4 is 26.2 Å². The average molecular weight is 501 g/mol. The molecule has 1 atom stereocenters. The fraction of sp³-hybridized carbons (Fsp3) is 0.167. The van der Waals surface area contributed by atoms with Crippen LogP contribution in [0.4, 0.5) is 5.69 Å². The number of halogens is 2. The molecule has 1 aliphatic rings. The molecule has 0 aliphatic carbocycles. The summed E-state index contributed by atoms with van der Waals surface area (Å²) in [5.74, 6) is -0.350. The molecule has 0 bridgehead atoms. The lowest BCUT2D eigenvalue weighted by Crippen LogP contribution is -2.51. The first-order valence-corrected chi connectivity index (χ1v) is 11.0. The average Bonchev–Trinajstić information content (AvgIpc) is 2.64. The number of rotatable bonds is 5. The summed E-state index contributed by atoms with van der Waals surface area (Å²) in [6.07, 6.45) is 1.53. The van der Waals surface area contributed by atoms with Crippen LogP contribution in [-0.2, 0) is 15.8 Å². The SMILES string of the molecule is COc1ccc(NC2=C(Br)C=NC(N)(c3ccc(C)c(S(N)(=O)=O)c3)N2)cc1Cl. The number of hydrogen-bond acceptors (Lipinski definition) is 7. The molecule has 8 nitrogen and oxygen atoms in total. The number of ether oxygens (including phenoxy) is 1. The van der Waals surface area contributed by atoms with E-state index < -0.39 is 15.8 Å². The smallest absolute Gasteiger partial charge is 0.238 e. The summed E-state index contributed by atoms with van der Waals surface area (Å²) < 4.78 is 29.5. The number of primary sulfonamides is 1. The number of methoxy groups -OCH3 is 1. The molecule has 0 amide bonds. The fourth-order valence-electron chi connectivity index (χ4n) is 2.78. The Morgan fingerprint density at radius 3 is 2.62 bits per heavy atom. The Hall–Kier alpha value is -2.11. The molecule has 0 radical (unpaired) electrons. The molecule has 11 heteroatoms. The standard InChI is InChI=1S/C18H19BrClN5O3S/c1-10-3-4-11(7-16(10)29(22,26)27)18(21)23-9-13(19)17(25-18)24-12-5-6-15(28-2)14(20)8-12/h3-9,24-25H,21H2,1-2H3,(H2,22,26,27). The number of nitrogens with zero attached hydrogens (tertiary/aromatic N) is 1. The molecule has 29 heavy (non-hydrogen) atoms. The zero-order chi connectivity index (χ0) is 21.4. The van der Waals surface area contributed by atoms with E-state index in [4.69, 9.17) is 27.2 Å². The van der Waals surface area contributed by atoms with E-state index in [0.29, 0.717) is 37.9 Å². The van der Waals surface area contributed by atoms with Crippen molar-refractivity contribution in [2.24, 2.45) is 15.9 Å². The van der Waals surface area contributed by atoms with Gasteiger partial charge in [-0.25, -0.2) is 18.5 Å². The molecule has 2 aromatic rings. The highest BCUT2D eigenvalue weighted by Gasteiger charge is 2.32. The van der Waals surface area contributed by atoms with Crippen LogP contribution in [0.1, 0.15) is 11.1 Å². The van der Waals surface area contributed by atoms with Gasteiger partial charge in [0.1, 0.15) is 11.6 Å². The molecule has 0 fully saturated rings. The highest BCUT2D eigenvalue weighted by molar-refractivity contribution is 9.12. The normalized spacial score (nSPS) is 19.1. The van der Waals surface area contributed by atoms with Gasteiger partial charge in [-0.05, 0) is 52.7 Å². The zero-order valence-corrected chi connectivity index (χ0v) is 18.7. The maximum Gasteiger partial charge on any atom is 0.238 e. The van der Waals surface area contributed by atoms with Crippen molar-refractivity contribution in [1.29, 1.82) is 0 Å². The number of sulfonamides is 1. The lowest BCUT2D eigenvalue weighted by atomic mass is 10.1. The van der Waals surface area contributed by atoms with Crippen LogP contribution in [-0.4, -0.2) is 21.7 Å². The Balaban J connectivity index is 1.93. The van der Waals surface area contributed by atoms with E-state index in [2.05, 4.69) is 31.6 Å². The molecule has 0 saturated heterocycles. The molecule has 1 unspecified atom stereocenters. The number of anilines is 1. The van der Waals surface area contributed by atoms with Crippen molar-refractivity contribution < 1.29 is 13.2 Å². The molecule has 3 rings (SSSR count). The van der Waals surface area contributed by atoms with Gasteiger partial charge in [-0.1, -0.05) is 23.7 Å². The van der Waals surface area contributed by atoms with Gasteiger partial charge in [0.25, 0.3) is 0 Å². The Kier molecular flexibility index (Phi) is 5.93. The number of nitrogens with two attached hydrogens (primary N) is 2. The number of aliphatic imine (C=N–C) groups is 1. The number of hydrogen-bond donors (Lipinski definition) is 4. The van der Waals surface area contributed by atoms with Crippen molar-refractivity contribution in [2.75, 3.05) is 12.4 Å². The molecule has 0 aromatic heterocycles. The van der Waals surface area contributed by atoms with Gasteiger partial charge in [0.2, 0.25) is 15.8 Å². The minimum absolute atomic E-state index is 0.0121. The molecule has 2 aromatic carbocycles. The summed E-state index contributed by atoms with van der Waals surface area (Å²) in [7, 11) is -2.37. The Labute approximate surface area is 182 Å². The summed E-state index contributed by atoms with van der Waals surface area (Å²) in [6.45, 7) is 1.65. The van der Waals surface area contributed by atoms with E-state index in [1.165, 1.54) is 19.4 Å². The van der Waals surface area contributed by atoms with Gasteiger partial charge < -0.3 is 15.4 Å². The second-order valence-electron chi connectivity index (χ2n) is 6.37. The predicted octanol–water partition coefficient (Wildman–Crippen LogP) is 2.72. The summed E-state index contributed by atoms with van der Waals surface area (Å²) in [5.41, 5.74) is 8.06. The Morgan fingerprint density at radius 1 is 1.28 bits per heavy atom. The Morgan fingerprint density at radius 2 is 2.00 bits per heavy atom. The Bertz CT molecular complexity index is 1140. The van der Waals surface area contributed by atoms with E-state index in [1.54, 1.807) is 37.3 Å². The third-order valence-electron chi connectivity index (χ3n) is 4.29. The third kappa shape index (κ3) is 4.57. The second-order valence-corrected chi connectivity index (χ2v) is 9.16. The topological polar surface area (TPSA) is 132 Å². The van der Waals surface area contributed by atoms with Crippen molar-refractivity contribution in [3.05, 3.63) is 62.9 Å². The van der Waals surface area contributed by atoms with Crippen LogP contribution in [0.15, 0.2) is 56.6 Å². The largest absolute Gasteiger partial charge is 0.495 e. The first-order chi connectivity index (χ1) is 13.5. The highest BCUT2D eigenvalue weighted by atomic mass is 79.9. The van der Waals surface area contributed by atoms with E-state index in [0.717, 1.165) is 0 Å². The van der Waals surface area contributed by atoms with Gasteiger partial charge in [0.15, 0.2) is 0 Å². The molecule has 1 aliphatic heterocycles. The van der Waals surface area contributed by atoms with Gasteiger partial charge in [-0.3, -0.25) is 5.73 Å². The number of nitrogens with one attached hydrogen (secondary N) is 2. The van der Waals surface area contributed by atoms with Crippen LogP contribution in [0, 0.1) is 6.92 Å². The number of allylic oxidation sites excluding steroid dienone is 1. The molecule has 154 valence electrons. The van der Waals surface area contributed by atoms with Crippen molar-refractivity contribution in [1.82, 2.24) is 5.32 Å². The van der Waals surface area contributed by atoms with Crippen LogP contribution in [0.2, 0.25) is 5.02 Å². The van der Waals surface area contributed by atoms with Crippen molar-refractivity contribution >= 4 is 49.5 Å². The van der Waals surface area contributed by atoms with Gasteiger partial charge in [-0.2, -0.15) is 0 Å². The summed E-state index contributed by atoms with van der Waals surface area (Å²) in [4.78, 5) is 4.31. The summed E-state index contributed by atoms with van der Waals surface area (Å²) in [5, 5.41) is 12.0. The van der Waals surface area contributed by atoms with Crippen molar-refractivity contribution in [2.45, 2.75) is 17.6 Å². The zero-order valence-electron chi connectivity index (χ0n) is 15.5. The van der Waals surface area contributed by atoms with Crippen LogP contribution >= 0.6 is 27.5 Å². The number of benzene rings is 2. The maximum absolute atomic E-state index is 11.9. The minimum Gasteiger partial charge on any atom is -0.495 e. The quantitative estimate of drug-likeness (QED) is 0.499. The lowest BCUT2D eigenvalue weighted by Gasteiger charge is -2.33. The third-order valence-corrected chi connectivity index (χ3v) is 6.24. The lowest BCUT2D eigenvalue weighted by molar-refractivity contribution is 0.397. The fourth-order valence-corrected chi connectivity index (χ4v) is 4.14.